The molecule has 0 amide bonds. The number of H-pyrrole nitrogens is 1. The van der Waals surface area contributed by atoms with Gasteiger partial charge in [0.2, 0.25) is 11.5 Å². The summed E-state index contributed by atoms with van der Waals surface area (Å²) in [5, 5.41) is 17.5. The Bertz CT molecular complexity index is 431. The summed E-state index contributed by atoms with van der Waals surface area (Å²) in [6.07, 6.45) is 2.24. The molecule has 0 atom stereocenters. The van der Waals surface area contributed by atoms with Crippen molar-refractivity contribution in [3.63, 3.8) is 0 Å². The third-order valence-corrected chi connectivity index (χ3v) is 1.77. The Morgan fingerprint density at radius 3 is 1.73 bits per heavy atom. The van der Waals surface area contributed by atoms with Gasteiger partial charge in [-0.3, -0.25) is 0 Å². The van der Waals surface area contributed by atoms with Gasteiger partial charge in [-0.05, 0) is 0 Å². The summed E-state index contributed by atoms with van der Waals surface area (Å²) in [6.45, 7) is 0. The van der Waals surface area contributed by atoms with E-state index in [9.17, 15) is 9.59 Å². The van der Waals surface area contributed by atoms with E-state index in [-0.39, 0.29) is 22.9 Å². The molecule has 3 N–H and O–H groups in total. The molecule has 0 bridgehead atoms. The normalized spacial score (nSPS) is 12.5. The number of hydrogen-bond donors (Lipinski definition) is 3. The number of carbonyl (C=O) groups is 2. The molecule has 7 heteroatoms. The van der Waals surface area contributed by atoms with E-state index in [2.05, 4.69) is 4.98 Å². The Morgan fingerprint density at radius 1 is 1.00 bits per heavy atom. The standard InChI is InChI=1S/C8H5NO6/c10-7(11)3-5-6(15-2-1-14-5)4(9-3)8(12)13/h1-2,9H,(H,10,11)(H,12,13). The molecule has 1 aliphatic heterocycles. The zero-order valence-corrected chi connectivity index (χ0v) is 7.18. The van der Waals surface area contributed by atoms with Gasteiger partial charge in [-0.1, -0.05) is 0 Å². The van der Waals surface area contributed by atoms with Gasteiger partial charge in [-0.25, -0.2) is 9.59 Å². The average molecular weight is 211 g/mol. The van der Waals surface area contributed by atoms with Crippen LogP contribution in [0.4, 0.5) is 0 Å². The number of nitrogens with one attached hydrogen (secondary N) is 1. The van der Waals surface area contributed by atoms with Crippen molar-refractivity contribution in [3.05, 3.63) is 23.9 Å². The Kier molecular flexibility index (Phi) is 1.86. The maximum atomic E-state index is 10.7. The minimum Gasteiger partial charge on any atom is -0.476 e. The lowest BCUT2D eigenvalue weighted by molar-refractivity contribution is 0.0687. The molecular weight excluding hydrogens is 206 g/mol. The predicted octanol–water partition coefficient (Wildman–Crippen LogP) is 0.653. The first-order valence-corrected chi connectivity index (χ1v) is 3.82. The van der Waals surface area contributed by atoms with Crippen molar-refractivity contribution in [3.8, 4) is 11.5 Å². The van der Waals surface area contributed by atoms with Crippen LogP contribution in [-0.2, 0) is 0 Å². The van der Waals surface area contributed by atoms with Gasteiger partial charge >= 0.3 is 11.9 Å². The molecule has 0 aromatic carbocycles. The molecule has 78 valence electrons. The Labute approximate surface area is 82.5 Å². The second kappa shape index (κ2) is 3.05. The lowest BCUT2D eigenvalue weighted by Crippen LogP contribution is -2.01. The van der Waals surface area contributed by atoms with Crippen LogP contribution in [0.2, 0.25) is 0 Å². The number of aromatic nitrogens is 1. The van der Waals surface area contributed by atoms with Crippen LogP contribution in [0.25, 0.3) is 0 Å². The highest BCUT2D eigenvalue weighted by Gasteiger charge is 2.29. The van der Waals surface area contributed by atoms with E-state index in [1.54, 1.807) is 0 Å². The number of carboxylic acids is 2. The zero-order valence-electron chi connectivity index (χ0n) is 7.18. The summed E-state index contributed by atoms with van der Waals surface area (Å²) in [6, 6.07) is 0. The topological polar surface area (TPSA) is 109 Å². The van der Waals surface area contributed by atoms with Crippen molar-refractivity contribution < 1.29 is 29.3 Å². The smallest absolute Gasteiger partial charge is 0.356 e. The van der Waals surface area contributed by atoms with E-state index in [0.29, 0.717) is 0 Å². The molecule has 0 saturated carbocycles. The van der Waals surface area contributed by atoms with E-state index >= 15 is 0 Å². The van der Waals surface area contributed by atoms with Crippen LogP contribution >= 0.6 is 0 Å². The third kappa shape index (κ3) is 1.30. The van der Waals surface area contributed by atoms with Crippen molar-refractivity contribution >= 4 is 11.9 Å². The third-order valence-electron chi connectivity index (χ3n) is 1.77. The van der Waals surface area contributed by atoms with Crippen LogP contribution < -0.4 is 9.47 Å². The minimum atomic E-state index is -1.32. The summed E-state index contributed by atoms with van der Waals surface area (Å²) in [7, 11) is 0. The quantitative estimate of drug-likeness (QED) is 0.662. The van der Waals surface area contributed by atoms with E-state index in [1.807, 2.05) is 0 Å². The Morgan fingerprint density at radius 2 is 1.40 bits per heavy atom. The number of aromatic carboxylic acids is 2. The Balaban J connectivity index is 2.62. The molecule has 0 aliphatic carbocycles. The van der Waals surface area contributed by atoms with Crippen LogP contribution in [0, 0.1) is 0 Å². The van der Waals surface area contributed by atoms with Crippen molar-refractivity contribution in [2.24, 2.45) is 0 Å². The predicted molar refractivity (Wildman–Crippen MR) is 45.1 cm³/mol. The molecule has 2 rings (SSSR count). The molecule has 0 unspecified atom stereocenters. The molecule has 0 fully saturated rings. The van der Waals surface area contributed by atoms with Crippen molar-refractivity contribution in [1.29, 1.82) is 0 Å². The van der Waals surface area contributed by atoms with Gasteiger partial charge in [-0.15, -0.1) is 0 Å². The fourth-order valence-corrected chi connectivity index (χ4v) is 1.18. The van der Waals surface area contributed by atoms with Gasteiger partial charge in [0.25, 0.3) is 0 Å². The summed E-state index contributed by atoms with van der Waals surface area (Å²) in [4.78, 5) is 23.7. The Hall–Kier alpha value is -2.44. The largest absolute Gasteiger partial charge is 0.476 e. The summed E-state index contributed by atoms with van der Waals surface area (Å²) in [5.41, 5.74) is -0.710. The number of fused-ring (bicyclic) bond motifs is 1. The van der Waals surface area contributed by atoms with Crippen molar-refractivity contribution in [2.75, 3.05) is 0 Å². The number of carboxylic acid groups (broad SMARTS) is 2. The van der Waals surface area contributed by atoms with Crippen LogP contribution in [0.1, 0.15) is 21.0 Å². The second-order valence-electron chi connectivity index (χ2n) is 2.65. The second-order valence-corrected chi connectivity index (χ2v) is 2.65. The zero-order chi connectivity index (χ0) is 11.0. The van der Waals surface area contributed by atoms with Crippen molar-refractivity contribution in [2.45, 2.75) is 0 Å². The van der Waals surface area contributed by atoms with Crippen molar-refractivity contribution in [1.82, 2.24) is 4.98 Å². The molecule has 2 heterocycles. The first kappa shape index (κ1) is 9.13. The van der Waals surface area contributed by atoms with Gasteiger partial charge in [0.1, 0.15) is 12.5 Å². The van der Waals surface area contributed by atoms with Crippen LogP contribution in [0.15, 0.2) is 12.5 Å². The highest BCUT2D eigenvalue weighted by molar-refractivity contribution is 5.97. The lowest BCUT2D eigenvalue weighted by Gasteiger charge is -2.08. The van der Waals surface area contributed by atoms with Gasteiger partial charge < -0.3 is 24.7 Å². The number of rotatable bonds is 2. The van der Waals surface area contributed by atoms with Crippen LogP contribution in [-0.4, -0.2) is 27.1 Å². The fourth-order valence-electron chi connectivity index (χ4n) is 1.18. The first-order valence-electron chi connectivity index (χ1n) is 3.82. The van der Waals surface area contributed by atoms with E-state index < -0.39 is 11.9 Å². The van der Waals surface area contributed by atoms with Gasteiger partial charge in [0.15, 0.2) is 11.4 Å². The number of ether oxygens (including phenoxy) is 2. The molecule has 0 spiro atoms. The first-order chi connectivity index (χ1) is 7.11. The molecule has 1 aromatic heterocycles. The maximum absolute atomic E-state index is 10.7. The van der Waals surface area contributed by atoms with E-state index in [4.69, 9.17) is 19.7 Å². The fraction of sp³-hybridized carbons (Fsp3) is 0. The average Bonchev–Trinajstić information content (AvgIpc) is 2.56. The maximum Gasteiger partial charge on any atom is 0.356 e. The minimum absolute atomic E-state index is 0.137. The highest BCUT2D eigenvalue weighted by Crippen LogP contribution is 2.37. The molecule has 15 heavy (non-hydrogen) atoms. The molecule has 1 aromatic rings. The molecular formula is C8H5NO6. The van der Waals surface area contributed by atoms with E-state index in [0.717, 1.165) is 12.5 Å². The molecule has 7 nitrogen and oxygen atoms in total. The summed E-state index contributed by atoms with van der Waals surface area (Å²) in [5.74, 6) is -2.92. The SMILES string of the molecule is O=C(O)c1[nH]c(C(=O)O)c2c1OC=CO2. The molecule has 0 radical (unpaired) electrons. The van der Waals surface area contributed by atoms with Crippen LogP contribution in [0.3, 0.4) is 0 Å². The highest BCUT2D eigenvalue weighted by atomic mass is 16.5. The monoisotopic (exact) mass is 211 g/mol. The molecule has 1 aliphatic rings. The number of aromatic amines is 1. The van der Waals surface area contributed by atoms with E-state index in [1.165, 1.54) is 0 Å². The number of hydrogen-bond acceptors (Lipinski definition) is 4. The van der Waals surface area contributed by atoms with Crippen LogP contribution in [0.5, 0.6) is 11.5 Å². The van der Waals surface area contributed by atoms with Gasteiger partial charge in [0.05, 0.1) is 0 Å². The van der Waals surface area contributed by atoms with Gasteiger partial charge in [-0.2, -0.15) is 0 Å². The van der Waals surface area contributed by atoms with Gasteiger partial charge in [0, 0.05) is 0 Å². The summed E-state index contributed by atoms with van der Waals surface area (Å²) >= 11 is 0. The lowest BCUT2D eigenvalue weighted by atomic mass is 10.3. The molecule has 0 saturated heterocycles. The summed E-state index contributed by atoms with van der Waals surface area (Å²) < 4.78 is 9.73.